The molecule has 3 rings (SSSR count). The van der Waals surface area contributed by atoms with E-state index in [2.05, 4.69) is 21.0 Å². The van der Waals surface area contributed by atoms with Crippen molar-refractivity contribution in [3.63, 3.8) is 0 Å². The summed E-state index contributed by atoms with van der Waals surface area (Å²) >= 11 is 3.46. The van der Waals surface area contributed by atoms with Gasteiger partial charge in [0, 0.05) is 16.5 Å². The van der Waals surface area contributed by atoms with Crippen molar-refractivity contribution in [3.8, 4) is 11.3 Å². The van der Waals surface area contributed by atoms with E-state index in [1.54, 1.807) is 0 Å². The van der Waals surface area contributed by atoms with E-state index < -0.39 is 5.97 Å². The van der Waals surface area contributed by atoms with Gasteiger partial charge in [-0.1, -0.05) is 34.1 Å². The third kappa shape index (κ3) is 2.51. The highest BCUT2D eigenvalue weighted by molar-refractivity contribution is 9.10. The van der Waals surface area contributed by atoms with Crippen molar-refractivity contribution < 1.29 is 14.7 Å². The fraction of sp³-hybridized carbons (Fsp3) is 0.267. The van der Waals surface area contributed by atoms with Crippen LogP contribution in [0.25, 0.3) is 11.3 Å². The number of carboxylic acid groups (broad SMARTS) is 1. The van der Waals surface area contributed by atoms with Gasteiger partial charge in [-0.2, -0.15) is 5.10 Å². The van der Waals surface area contributed by atoms with E-state index in [0.717, 1.165) is 22.2 Å². The van der Waals surface area contributed by atoms with Crippen LogP contribution in [0.1, 0.15) is 28.9 Å². The summed E-state index contributed by atoms with van der Waals surface area (Å²) in [5, 5.41) is 13.4. The van der Waals surface area contributed by atoms with Gasteiger partial charge in [0.25, 0.3) is 0 Å². The molecule has 6 heteroatoms. The Kier molecular flexibility index (Phi) is 3.63. The molecule has 0 bridgehead atoms. The van der Waals surface area contributed by atoms with Gasteiger partial charge >= 0.3 is 5.97 Å². The maximum atomic E-state index is 12.3. The molecular weight excluding hydrogens is 336 g/mol. The van der Waals surface area contributed by atoms with Gasteiger partial charge in [0.2, 0.25) is 0 Å². The van der Waals surface area contributed by atoms with E-state index >= 15 is 0 Å². The van der Waals surface area contributed by atoms with Crippen LogP contribution in [0.2, 0.25) is 0 Å². The number of aromatic nitrogens is 2. The van der Waals surface area contributed by atoms with Crippen molar-refractivity contribution in [2.24, 2.45) is 0 Å². The molecule has 0 atom stereocenters. The van der Waals surface area contributed by atoms with Gasteiger partial charge in [-0.05, 0) is 18.9 Å². The highest BCUT2D eigenvalue weighted by Crippen LogP contribution is 2.34. The Morgan fingerprint density at radius 3 is 2.81 bits per heavy atom. The summed E-state index contributed by atoms with van der Waals surface area (Å²) in [5.74, 6) is -0.921. The number of ketones is 1. The molecule has 2 aromatic rings. The first kappa shape index (κ1) is 14.0. The van der Waals surface area contributed by atoms with Crippen molar-refractivity contribution in [2.45, 2.75) is 25.8 Å². The minimum absolute atomic E-state index is 0.0404. The van der Waals surface area contributed by atoms with Crippen molar-refractivity contribution in [1.29, 1.82) is 0 Å². The normalized spacial score (nSPS) is 14.0. The molecule has 108 valence electrons. The minimum atomic E-state index is -0.961. The largest absolute Gasteiger partial charge is 0.480 e. The molecule has 1 N–H and O–H groups in total. The summed E-state index contributed by atoms with van der Waals surface area (Å²) < 4.78 is 2.29. The summed E-state index contributed by atoms with van der Waals surface area (Å²) in [7, 11) is 0. The number of hydrogen-bond acceptors (Lipinski definition) is 3. The molecule has 1 aromatic heterocycles. The molecular formula is C15H13BrN2O3. The van der Waals surface area contributed by atoms with Gasteiger partial charge < -0.3 is 5.11 Å². The molecule has 0 aliphatic heterocycles. The molecule has 0 spiro atoms. The van der Waals surface area contributed by atoms with Crippen molar-refractivity contribution in [2.75, 3.05) is 0 Å². The van der Waals surface area contributed by atoms with Crippen LogP contribution in [0.15, 0.2) is 28.7 Å². The summed E-state index contributed by atoms with van der Waals surface area (Å²) in [4.78, 5) is 23.3. The maximum absolute atomic E-state index is 12.3. The van der Waals surface area contributed by atoms with Gasteiger partial charge in [0.1, 0.15) is 12.2 Å². The van der Waals surface area contributed by atoms with E-state index in [1.807, 2.05) is 24.3 Å². The van der Waals surface area contributed by atoms with E-state index in [9.17, 15) is 9.59 Å². The number of Topliss-reactive ketones (excluding diaryl/α,β-unsaturated/α-hetero) is 1. The second-order valence-electron chi connectivity index (χ2n) is 4.98. The van der Waals surface area contributed by atoms with Gasteiger partial charge in [0.05, 0.1) is 11.3 Å². The molecule has 1 aliphatic rings. The van der Waals surface area contributed by atoms with Gasteiger partial charge in [-0.3, -0.25) is 14.3 Å². The molecule has 0 unspecified atom stereocenters. The molecule has 0 radical (unpaired) electrons. The van der Waals surface area contributed by atoms with Crippen LogP contribution in [0.4, 0.5) is 0 Å². The Balaban J connectivity index is 2.21. The van der Waals surface area contributed by atoms with Crippen LogP contribution in [-0.4, -0.2) is 26.6 Å². The van der Waals surface area contributed by atoms with Gasteiger partial charge in [-0.25, -0.2) is 0 Å². The van der Waals surface area contributed by atoms with Crippen LogP contribution in [0, 0.1) is 0 Å². The van der Waals surface area contributed by atoms with E-state index in [1.165, 1.54) is 4.68 Å². The number of aliphatic carboxylic acids is 1. The predicted molar refractivity (Wildman–Crippen MR) is 80.3 cm³/mol. The summed E-state index contributed by atoms with van der Waals surface area (Å²) in [5.41, 5.74) is 2.70. The highest BCUT2D eigenvalue weighted by Gasteiger charge is 2.28. The lowest BCUT2D eigenvalue weighted by Crippen LogP contribution is -2.17. The first-order chi connectivity index (χ1) is 10.1. The molecule has 1 heterocycles. The standard InChI is InChI=1S/C15H13BrN2O3/c16-10-5-2-1-4-9(10)15-14-11(6-3-7-12(14)19)18(17-15)8-13(20)21/h1-2,4-5H,3,6-8H2,(H,20,21). The molecule has 0 saturated carbocycles. The van der Waals surface area contributed by atoms with Crippen molar-refractivity contribution in [1.82, 2.24) is 9.78 Å². The number of carboxylic acids is 1. The average molecular weight is 349 g/mol. The smallest absolute Gasteiger partial charge is 0.325 e. The van der Waals surface area contributed by atoms with Gasteiger partial charge in [0.15, 0.2) is 5.78 Å². The lowest BCUT2D eigenvalue weighted by atomic mass is 9.92. The number of hydrogen-bond donors (Lipinski definition) is 1. The van der Waals surface area contributed by atoms with Gasteiger partial charge in [-0.15, -0.1) is 0 Å². The van der Waals surface area contributed by atoms with Crippen LogP contribution in [0.3, 0.4) is 0 Å². The Morgan fingerprint density at radius 2 is 2.10 bits per heavy atom. The third-order valence-electron chi connectivity index (χ3n) is 3.57. The van der Waals surface area contributed by atoms with Crippen LogP contribution >= 0.6 is 15.9 Å². The summed E-state index contributed by atoms with van der Waals surface area (Å²) in [6.45, 7) is -0.222. The first-order valence-corrected chi connectivity index (χ1v) is 7.47. The zero-order valence-electron chi connectivity index (χ0n) is 11.2. The quantitative estimate of drug-likeness (QED) is 0.925. The number of carbonyl (C=O) groups excluding carboxylic acids is 1. The zero-order valence-corrected chi connectivity index (χ0v) is 12.8. The molecule has 0 fully saturated rings. The molecule has 5 nitrogen and oxygen atoms in total. The first-order valence-electron chi connectivity index (χ1n) is 6.67. The number of benzene rings is 1. The monoisotopic (exact) mass is 348 g/mol. The molecule has 0 saturated heterocycles. The number of nitrogens with zero attached hydrogens (tertiary/aromatic N) is 2. The number of rotatable bonds is 3. The Hall–Kier alpha value is -1.95. The third-order valence-corrected chi connectivity index (χ3v) is 4.26. The second-order valence-corrected chi connectivity index (χ2v) is 5.83. The number of fused-ring (bicyclic) bond motifs is 1. The Labute approximate surface area is 129 Å². The predicted octanol–water partition coefficient (Wildman–Crippen LogP) is 2.92. The lowest BCUT2D eigenvalue weighted by molar-refractivity contribution is -0.137. The molecule has 21 heavy (non-hydrogen) atoms. The highest BCUT2D eigenvalue weighted by atomic mass is 79.9. The van der Waals surface area contributed by atoms with Crippen LogP contribution in [0.5, 0.6) is 0 Å². The summed E-state index contributed by atoms with van der Waals surface area (Å²) in [6, 6.07) is 7.51. The lowest BCUT2D eigenvalue weighted by Gasteiger charge is -2.12. The van der Waals surface area contributed by atoms with Crippen LogP contribution < -0.4 is 0 Å². The topological polar surface area (TPSA) is 72.2 Å². The SMILES string of the molecule is O=C(O)Cn1nc(-c2ccccc2Br)c2c1CCCC2=O. The molecule has 1 aromatic carbocycles. The maximum Gasteiger partial charge on any atom is 0.325 e. The Morgan fingerprint density at radius 1 is 1.33 bits per heavy atom. The van der Waals surface area contributed by atoms with Crippen molar-refractivity contribution >= 4 is 27.7 Å². The van der Waals surface area contributed by atoms with E-state index in [0.29, 0.717) is 24.1 Å². The Bertz CT molecular complexity index is 737. The number of carbonyl (C=O) groups is 2. The van der Waals surface area contributed by atoms with E-state index in [4.69, 9.17) is 5.11 Å². The van der Waals surface area contributed by atoms with Crippen molar-refractivity contribution in [3.05, 3.63) is 40.0 Å². The second kappa shape index (κ2) is 5.44. The minimum Gasteiger partial charge on any atom is -0.480 e. The average Bonchev–Trinajstić information content (AvgIpc) is 2.79. The molecule has 1 aliphatic carbocycles. The summed E-state index contributed by atoms with van der Waals surface area (Å²) in [6.07, 6.45) is 1.92. The molecule has 0 amide bonds. The fourth-order valence-electron chi connectivity index (χ4n) is 2.69. The fourth-order valence-corrected chi connectivity index (χ4v) is 3.16. The van der Waals surface area contributed by atoms with Crippen LogP contribution in [-0.2, 0) is 17.8 Å². The van der Waals surface area contributed by atoms with E-state index in [-0.39, 0.29) is 12.3 Å². The number of halogens is 1. The zero-order chi connectivity index (χ0) is 15.0.